The van der Waals surface area contributed by atoms with E-state index in [0.717, 1.165) is 161 Å². The molecule has 0 amide bonds. The van der Waals surface area contributed by atoms with E-state index in [0.29, 0.717) is 32.1 Å². The van der Waals surface area contributed by atoms with Crippen LogP contribution >= 0.6 is 15.6 Å². The van der Waals surface area contributed by atoms with Crippen molar-refractivity contribution in [1.29, 1.82) is 0 Å². The van der Waals surface area contributed by atoms with Crippen LogP contribution in [0.2, 0.25) is 0 Å². The fourth-order valence-corrected chi connectivity index (χ4v) is 11.5. The summed E-state index contributed by atoms with van der Waals surface area (Å²) in [5.41, 5.74) is 0. The Morgan fingerprint density at radius 2 is 0.509 bits per heavy atom. The molecule has 19 heteroatoms. The zero-order valence-corrected chi connectivity index (χ0v) is 67.3. The number of phosphoric acid groups is 2. The smallest absolute Gasteiger partial charge is 0.462 e. The number of hydrogen-bond acceptors (Lipinski definition) is 15. The van der Waals surface area contributed by atoms with Crippen molar-refractivity contribution in [2.24, 2.45) is 0 Å². The van der Waals surface area contributed by atoms with Crippen molar-refractivity contribution in [3.8, 4) is 0 Å². The van der Waals surface area contributed by atoms with Gasteiger partial charge in [0.2, 0.25) is 0 Å². The van der Waals surface area contributed by atoms with Crippen LogP contribution in [0.3, 0.4) is 0 Å². The lowest BCUT2D eigenvalue weighted by atomic mass is 10.1. The molecule has 0 saturated carbocycles. The van der Waals surface area contributed by atoms with Crippen LogP contribution in [-0.4, -0.2) is 96.7 Å². The summed E-state index contributed by atoms with van der Waals surface area (Å²) >= 11 is 0. The fourth-order valence-electron chi connectivity index (χ4n) is 9.91. The van der Waals surface area contributed by atoms with Crippen molar-refractivity contribution in [2.75, 3.05) is 39.6 Å². The highest BCUT2D eigenvalue weighted by molar-refractivity contribution is 7.47. The second-order valence-corrected chi connectivity index (χ2v) is 28.8. The van der Waals surface area contributed by atoms with Gasteiger partial charge in [0.15, 0.2) is 12.2 Å². The Labute approximate surface area is 641 Å². The van der Waals surface area contributed by atoms with Gasteiger partial charge in [0.25, 0.3) is 0 Å². The van der Waals surface area contributed by atoms with E-state index in [9.17, 15) is 43.2 Å². The van der Waals surface area contributed by atoms with E-state index in [-0.39, 0.29) is 25.7 Å². The van der Waals surface area contributed by atoms with Crippen LogP contribution in [-0.2, 0) is 65.4 Å². The number of ether oxygens (including phenoxy) is 4. The first-order chi connectivity index (χ1) is 51.7. The number of aliphatic hydroxyl groups is 1. The molecule has 600 valence electrons. The number of esters is 4. The number of carbonyl (C=O) groups is 4. The van der Waals surface area contributed by atoms with Crippen LogP contribution in [0.15, 0.2) is 182 Å². The van der Waals surface area contributed by atoms with Gasteiger partial charge in [-0.05, 0) is 148 Å². The maximum absolute atomic E-state index is 13.1. The molecule has 5 unspecified atom stereocenters. The third kappa shape index (κ3) is 76.4. The topological polar surface area (TPSA) is 237 Å². The van der Waals surface area contributed by atoms with Crippen molar-refractivity contribution < 1.29 is 80.2 Å². The van der Waals surface area contributed by atoms with Crippen LogP contribution in [0.5, 0.6) is 0 Å². The largest absolute Gasteiger partial charge is 0.472 e. The number of aliphatic hydroxyl groups excluding tert-OH is 1. The summed E-state index contributed by atoms with van der Waals surface area (Å²) in [7, 11) is -10.0. The molecule has 0 aliphatic carbocycles. The minimum absolute atomic E-state index is 0.0213. The third-order valence-corrected chi connectivity index (χ3v) is 17.8. The van der Waals surface area contributed by atoms with Crippen molar-refractivity contribution in [1.82, 2.24) is 0 Å². The van der Waals surface area contributed by atoms with E-state index in [2.05, 4.69) is 192 Å². The Bertz CT molecular complexity index is 2730. The molecule has 0 fully saturated rings. The van der Waals surface area contributed by atoms with E-state index in [1.807, 2.05) is 18.2 Å². The zero-order chi connectivity index (χ0) is 77.4. The van der Waals surface area contributed by atoms with E-state index < -0.39 is 97.5 Å². The summed E-state index contributed by atoms with van der Waals surface area (Å²) in [6.45, 7) is 4.36. The number of hydrogen-bond donors (Lipinski definition) is 3. The Morgan fingerprint density at radius 3 is 0.821 bits per heavy atom. The predicted octanol–water partition coefficient (Wildman–Crippen LogP) is 23.6. The third-order valence-electron chi connectivity index (χ3n) is 15.9. The second kappa shape index (κ2) is 77.3. The van der Waals surface area contributed by atoms with Gasteiger partial charge >= 0.3 is 39.5 Å². The molecule has 0 saturated heterocycles. The van der Waals surface area contributed by atoms with Gasteiger partial charge in [-0.3, -0.25) is 37.3 Å². The molecule has 3 N–H and O–H groups in total. The molecule has 0 aliphatic heterocycles. The molecule has 0 aromatic carbocycles. The summed E-state index contributed by atoms with van der Waals surface area (Å²) in [4.78, 5) is 73.0. The fraction of sp³-hybridized carbons (Fsp3) is 0.609. The number of phosphoric ester groups is 2. The summed E-state index contributed by atoms with van der Waals surface area (Å²) in [6.07, 6.45) is 93.2. The lowest BCUT2D eigenvalue weighted by Crippen LogP contribution is -2.30. The molecule has 106 heavy (non-hydrogen) atoms. The average Bonchev–Trinajstić information content (AvgIpc) is 0.901. The second-order valence-electron chi connectivity index (χ2n) is 25.9. The van der Waals surface area contributed by atoms with Gasteiger partial charge in [-0.2, -0.15) is 0 Å². The summed E-state index contributed by atoms with van der Waals surface area (Å²) < 4.78 is 68.5. The number of allylic oxidation sites excluding steroid dienone is 30. The van der Waals surface area contributed by atoms with Crippen molar-refractivity contribution in [3.63, 3.8) is 0 Å². The summed E-state index contributed by atoms with van der Waals surface area (Å²) in [6, 6.07) is 0. The Morgan fingerprint density at radius 1 is 0.274 bits per heavy atom. The van der Waals surface area contributed by atoms with Gasteiger partial charge in [0.1, 0.15) is 19.3 Å². The summed E-state index contributed by atoms with van der Waals surface area (Å²) in [5, 5.41) is 10.6. The molecule has 0 aromatic heterocycles. The SMILES string of the molecule is CC/C=C\C/C=C\C/C=C\C/C=C\C/C=C\C/C=C\CCC(=O)OCC(COP(=O)(O)OCC(O)COP(=O)(O)OCC(COC(=O)CCCCCC/C=C\C/C=C\C/C=C\C/C=C\CC)OC(=O)CCCCCCCCCCCCC)OC(=O)CCCCC/C=C\C/C=C\C/C=C\C/C=C\C/C=C\CC. The summed E-state index contributed by atoms with van der Waals surface area (Å²) in [5.74, 6) is -2.35. The maximum atomic E-state index is 13.1. The Balaban J connectivity index is 5.48. The van der Waals surface area contributed by atoms with Gasteiger partial charge in [-0.1, -0.05) is 293 Å². The van der Waals surface area contributed by atoms with Gasteiger partial charge in [0, 0.05) is 25.7 Å². The molecule has 17 nitrogen and oxygen atoms in total. The molecule has 0 aromatic rings. The number of rotatable bonds is 73. The Kier molecular flexibility index (Phi) is 73.1. The highest BCUT2D eigenvalue weighted by Gasteiger charge is 2.30. The molecule has 0 aliphatic rings. The molecule has 0 radical (unpaired) electrons. The van der Waals surface area contributed by atoms with Crippen LogP contribution in [0.25, 0.3) is 0 Å². The van der Waals surface area contributed by atoms with E-state index in [1.165, 1.54) is 38.5 Å². The standard InChI is InChI=1S/C87H140O17P2/c1-5-9-13-17-21-25-29-32-35-38-40-43-46-49-53-56-60-64-68-72-85(90)98-78-83(104-87(92)74-70-66-62-58-54-50-47-44-41-39-36-33-30-26-22-18-14-10-6-2)80-102-106(95,96)100-76-81(88)75-99-105(93,94)101-79-82(103-86(91)73-69-65-61-57-51-28-24-20-16-12-8-4)77-97-84(89)71-67-63-59-55-52-48-45-42-37-34-31-27-23-19-15-11-7-3/h9-11,13-15,21-23,25-27,32-37,40-41,43-45,48-50,53-54,60,64,81-83,88H,5-8,12,16-20,24,28-31,38-39,42,46-47,51-52,55-59,61-63,65-80H2,1-4H3,(H,93,94)(H,95,96)/b13-9-,14-10-,15-11-,25-21-,26-22-,27-23-,35-32-,36-33-,37-34-,43-40-,44-41-,48-45-,53-49-,54-50-,64-60-. The quantitative estimate of drug-likeness (QED) is 0.0169. The highest BCUT2D eigenvalue weighted by Crippen LogP contribution is 2.45. The molecule has 0 heterocycles. The minimum atomic E-state index is -5.01. The lowest BCUT2D eigenvalue weighted by Gasteiger charge is -2.21. The average molecular weight is 1520 g/mol. The monoisotopic (exact) mass is 1520 g/mol. The van der Waals surface area contributed by atoms with Crippen LogP contribution in [0, 0.1) is 0 Å². The van der Waals surface area contributed by atoms with Crippen LogP contribution in [0.4, 0.5) is 0 Å². The first-order valence-electron chi connectivity index (χ1n) is 40.0. The highest BCUT2D eigenvalue weighted by atomic mass is 31.2. The molecular formula is C87H140O17P2. The molecular weight excluding hydrogens is 1380 g/mol. The van der Waals surface area contributed by atoms with Gasteiger partial charge in [-0.15, -0.1) is 0 Å². The Hall–Kier alpha value is -5.84. The van der Waals surface area contributed by atoms with Crippen LogP contribution < -0.4 is 0 Å². The predicted molar refractivity (Wildman–Crippen MR) is 436 cm³/mol. The van der Waals surface area contributed by atoms with Crippen molar-refractivity contribution >= 4 is 39.5 Å². The zero-order valence-electron chi connectivity index (χ0n) is 65.5. The van der Waals surface area contributed by atoms with E-state index >= 15 is 0 Å². The van der Waals surface area contributed by atoms with E-state index in [4.69, 9.17) is 37.0 Å². The molecule has 0 spiro atoms. The van der Waals surface area contributed by atoms with Gasteiger partial charge in [0.05, 0.1) is 26.4 Å². The molecule has 0 bridgehead atoms. The first kappa shape index (κ1) is 100. The number of unbranched alkanes of at least 4 members (excludes halogenated alkanes) is 17. The lowest BCUT2D eigenvalue weighted by molar-refractivity contribution is -0.161. The molecule has 0 rings (SSSR count). The van der Waals surface area contributed by atoms with Crippen LogP contribution in [0.1, 0.15) is 285 Å². The van der Waals surface area contributed by atoms with Gasteiger partial charge < -0.3 is 33.8 Å². The van der Waals surface area contributed by atoms with Crippen molar-refractivity contribution in [2.45, 2.75) is 303 Å². The van der Waals surface area contributed by atoms with Crippen molar-refractivity contribution in [3.05, 3.63) is 182 Å². The maximum Gasteiger partial charge on any atom is 0.472 e. The normalized spacial score (nSPS) is 14.8. The van der Waals surface area contributed by atoms with E-state index in [1.54, 1.807) is 0 Å². The number of carbonyl (C=O) groups excluding carboxylic acids is 4. The van der Waals surface area contributed by atoms with Gasteiger partial charge in [-0.25, -0.2) is 9.13 Å². The first-order valence-corrected chi connectivity index (χ1v) is 43.0. The molecule has 5 atom stereocenters. The minimum Gasteiger partial charge on any atom is -0.462 e.